The number of hydrogen-bond acceptors (Lipinski definition) is 5. The average molecular weight is 368 g/mol. The van der Waals surface area contributed by atoms with Gasteiger partial charge in [-0.25, -0.2) is 0 Å². The predicted molar refractivity (Wildman–Crippen MR) is 103 cm³/mol. The summed E-state index contributed by atoms with van der Waals surface area (Å²) in [6.45, 7) is 2.45. The van der Waals surface area contributed by atoms with E-state index in [0.29, 0.717) is 23.2 Å². The maximum Gasteiger partial charge on any atom is 0.234 e. The Bertz CT molecular complexity index is 880. The molecule has 1 heterocycles. The van der Waals surface area contributed by atoms with Gasteiger partial charge in [0.05, 0.1) is 18.0 Å². The van der Waals surface area contributed by atoms with Gasteiger partial charge in [0, 0.05) is 12.6 Å². The number of carbonyl (C=O) groups excluding carboxylic acids is 1. The minimum absolute atomic E-state index is 0.119. The topological polar surface area (TPSA) is 69.0 Å². The van der Waals surface area contributed by atoms with E-state index in [1.54, 1.807) is 0 Å². The fraction of sp³-hybridized carbons (Fsp3) is 0.211. The number of hydrogen-bond donors (Lipinski definition) is 1. The monoisotopic (exact) mass is 368 g/mol. The fourth-order valence-corrected chi connectivity index (χ4v) is 3.16. The lowest BCUT2D eigenvalue weighted by Crippen LogP contribution is -2.15. The lowest BCUT2D eigenvalue weighted by Gasteiger charge is -2.11. The van der Waals surface area contributed by atoms with Gasteiger partial charge in [-0.05, 0) is 19.1 Å². The molecule has 0 aliphatic heterocycles. The molecule has 6 nitrogen and oxygen atoms in total. The second kappa shape index (κ2) is 8.53. The third kappa shape index (κ3) is 4.23. The van der Waals surface area contributed by atoms with Crippen LogP contribution in [0.4, 0.5) is 5.69 Å². The molecule has 1 N–H and O–H groups in total. The highest BCUT2D eigenvalue weighted by Gasteiger charge is 2.13. The van der Waals surface area contributed by atoms with Gasteiger partial charge in [0.15, 0.2) is 11.0 Å². The molecule has 2 aromatic carbocycles. The number of nitrogens with zero attached hydrogens (tertiary/aromatic N) is 3. The molecule has 3 aromatic rings. The zero-order valence-corrected chi connectivity index (χ0v) is 15.5. The summed E-state index contributed by atoms with van der Waals surface area (Å²) in [6, 6.07) is 17.2. The molecule has 26 heavy (non-hydrogen) atoms. The SMILES string of the molecule is CCOc1ccccc1NC(=O)CSc1nnc(-c2ccccc2)n1C. The predicted octanol–water partition coefficient (Wildman–Crippen LogP) is 3.61. The summed E-state index contributed by atoms with van der Waals surface area (Å²) in [5.41, 5.74) is 1.66. The van der Waals surface area contributed by atoms with Gasteiger partial charge in [-0.3, -0.25) is 4.79 Å². The van der Waals surface area contributed by atoms with Crippen molar-refractivity contribution in [2.24, 2.45) is 7.05 Å². The van der Waals surface area contributed by atoms with Crippen LogP contribution in [0, 0.1) is 0 Å². The second-order valence-electron chi connectivity index (χ2n) is 5.50. The van der Waals surface area contributed by atoms with Gasteiger partial charge in [-0.15, -0.1) is 10.2 Å². The molecule has 0 saturated heterocycles. The summed E-state index contributed by atoms with van der Waals surface area (Å²) < 4.78 is 7.41. The first-order chi connectivity index (χ1) is 12.7. The van der Waals surface area contributed by atoms with Crippen LogP contribution in [-0.4, -0.2) is 33.0 Å². The van der Waals surface area contributed by atoms with E-state index in [1.807, 2.05) is 73.1 Å². The van der Waals surface area contributed by atoms with Gasteiger partial charge in [-0.2, -0.15) is 0 Å². The van der Waals surface area contributed by atoms with Crippen molar-refractivity contribution in [3.8, 4) is 17.1 Å². The van der Waals surface area contributed by atoms with E-state index in [9.17, 15) is 4.79 Å². The molecule has 3 rings (SSSR count). The van der Waals surface area contributed by atoms with E-state index >= 15 is 0 Å². The third-order valence-corrected chi connectivity index (χ3v) is 4.68. The summed E-state index contributed by atoms with van der Waals surface area (Å²) in [7, 11) is 1.90. The number of benzene rings is 2. The molecule has 1 aromatic heterocycles. The number of para-hydroxylation sites is 2. The molecule has 0 aliphatic rings. The van der Waals surface area contributed by atoms with E-state index in [4.69, 9.17) is 4.74 Å². The molecule has 0 atom stereocenters. The van der Waals surface area contributed by atoms with Crippen molar-refractivity contribution in [3.05, 3.63) is 54.6 Å². The van der Waals surface area contributed by atoms with Gasteiger partial charge < -0.3 is 14.6 Å². The highest BCUT2D eigenvalue weighted by atomic mass is 32.2. The number of aromatic nitrogens is 3. The lowest BCUT2D eigenvalue weighted by atomic mass is 10.2. The Kier molecular flexibility index (Phi) is 5.91. The van der Waals surface area contributed by atoms with Crippen LogP contribution in [0.2, 0.25) is 0 Å². The first-order valence-corrected chi connectivity index (χ1v) is 9.27. The minimum atomic E-state index is -0.119. The number of nitrogens with one attached hydrogen (secondary N) is 1. The normalized spacial score (nSPS) is 10.5. The van der Waals surface area contributed by atoms with Crippen molar-refractivity contribution >= 4 is 23.4 Å². The van der Waals surface area contributed by atoms with Crippen LogP contribution in [0.1, 0.15) is 6.92 Å². The Morgan fingerprint density at radius 1 is 1.12 bits per heavy atom. The van der Waals surface area contributed by atoms with E-state index in [1.165, 1.54) is 11.8 Å². The molecule has 0 spiro atoms. The Morgan fingerprint density at radius 2 is 1.85 bits per heavy atom. The van der Waals surface area contributed by atoms with Crippen molar-refractivity contribution in [1.82, 2.24) is 14.8 Å². The molecular weight excluding hydrogens is 348 g/mol. The highest BCUT2D eigenvalue weighted by molar-refractivity contribution is 7.99. The largest absolute Gasteiger partial charge is 0.492 e. The number of rotatable bonds is 7. The second-order valence-corrected chi connectivity index (χ2v) is 6.44. The Balaban J connectivity index is 1.63. The molecule has 7 heteroatoms. The van der Waals surface area contributed by atoms with Crippen LogP contribution in [0.15, 0.2) is 59.8 Å². The highest BCUT2D eigenvalue weighted by Crippen LogP contribution is 2.25. The van der Waals surface area contributed by atoms with Gasteiger partial charge in [0.1, 0.15) is 5.75 Å². The van der Waals surface area contributed by atoms with Crippen LogP contribution in [0.25, 0.3) is 11.4 Å². The fourth-order valence-electron chi connectivity index (χ4n) is 2.45. The number of ether oxygens (including phenoxy) is 1. The van der Waals surface area contributed by atoms with Crippen LogP contribution in [-0.2, 0) is 11.8 Å². The van der Waals surface area contributed by atoms with Crippen LogP contribution < -0.4 is 10.1 Å². The van der Waals surface area contributed by atoms with Crippen LogP contribution in [0.5, 0.6) is 5.75 Å². The number of carbonyl (C=O) groups is 1. The zero-order valence-electron chi connectivity index (χ0n) is 14.7. The van der Waals surface area contributed by atoms with Gasteiger partial charge in [0.2, 0.25) is 5.91 Å². The molecule has 0 bridgehead atoms. The lowest BCUT2D eigenvalue weighted by molar-refractivity contribution is -0.113. The van der Waals surface area contributed by atoms with E-state index < -0.39 is 0 Å². The molecule has 1 amide bonds. The van der Waals surface area contributed by atoms with E-state index in [-0.39, 0.29) is 11.7 Å². The number of amides is 1. The molecule has 0 saturated carbocycles. The summed E-state index contributed by atoms with van der Waals surface area (Å²) in [5, 5.41) is 12.0. The maximum atomic E-state index is 12.3. The first kappa shape index (κ1) is 18.0. The molecule has 134 valence electrons. The van der Waals surface area contributed by atoms with E-state index in [2.05, 4.69) is 15.5 Å². The Labute approximate surface area is 156 Å². The van der Waals surface area contributed by atoms with Crippen molar-refractivity contribution in [1.29, 1.82) is 0 Å². The first-order valence-electron chi connectivity index (χ1n) is 8.28. The Hall–Kier alpha value is -2.80. The summed E-state index contributed by atoms with van der Waals surface area (Å²) >= 11 is 1.35. The number of anilines is 1. The maximum absolute atomic E-state index is 12.3. The molecular formula is C19H20N4O2S. The summed E-state index contributed by atoms with van der Waals surface area (Å²) in [6.07, 6.45) is 0. The smallest absolute Gasteiger partial charge is 0.234 e. The summed E-state index contributed by atoms with van der Waals surface area (Å²) in [4.78, 5) is 12.3. The zero-order chi connectivity index (χ0) is 18.4. The quantitative estimate of drug-likeness (QED) is 0.645. The van der Waals surface area contributed by atoms with E-state index in [0.717, 1.165) is 11.4 Å². The third-order valence-electron chi connectivity index (χ3n) is 3.66. The molecule has 0 aliphatic carbocycles. The van der Waals surface area contributed by atoms with Gasteiger partial charge in [-0.1, -0.05) is 54.2 Å². The van der Waals surface area contributed by atoms with Crippen molar-refractivity contribution in [2.75, 3.05) is 17.7 Å². The molecule has 0 radical (unpaired) electrons. The minimum Gasteiger partial charge on any atom is -0.492 e. The summed E-state index contributed by atoms with van der Waals surface area (Å²) in [5.74, 6) is 1.56. The Morgan fingerprint density at radius 3 is 2.62 bits per heavy atom. The molecule has 0 fully saturated rings. The van der Waals surface area contributed by atoms with Crippen molar-refractivity contribution in [2.45, 2.75) is 12.1 Å². The standard InChI is InChI=1S/C19H20N4O2S/c1-3-25-16-12-8-7-11-15(16)20-17(24)13-26-19-22-21-18(23(19)2)14-9-5-4-6-10-14/h4-12H,3,13H2,1-2H3,(H,20,24). The van der Waals surface area contributed by atoms with Crippen LogP contribution >= 0.6 is 11.8 Å². The average Bonchev–Trinajstić information content (AvgIpc) is 3.03. The van der Waals surface area contributed by atoms with Gasteiger partial charge in [0.25, 0.3) is 0 Å². The number of thioether (sulfide) groups is 1. The van der Waals surface area contributed by atoms with Crippen molar-refractivity contribution < 1.29 is 9.53 Å². The van der Waals surface area contributed by atoms with Crippen LogP contribution in [0.3, 0.4) is 0 Å². The van der Waals surface area contributed by atoms with Gasteiger partial charge >= 0.3 is 0 Å². The molecule has 0 unspecified atom stereocenters. The van der Waals surface area contributed by atoms with Crippen molar-refractivity contribution in [3.63, 3.8) is 0 Å².